The molecule has 5 heteroatoms. The van der Waals surface area contributed by atoms with Crippen molar-refractivity contribution in [3.8, 4) is 6.07 Å². The minimum Gasteiger partial charge on any atom is -0.331 e. The molecule has 5 nitrogen and oxygen atoms in total. The van der Waals surface area contributed by atoms with Crippen LogP contribution in [0.2, 0.25) is 0 Å². The lowest BCUT2D eigenvalue weighted by Gasteiger charge is -2.11. The van der Waals surface area contributed by atoms with Gasteiger partial charge in [0, 0.05) is 0 Å². The molecule has 0 bridgehead atoms. The molecule has 2 rings (SSSR count). The summed E-state index contributed by atoms with van der Waals surface area (Å²) < 4.78 is 4.98. The van der Waals surface area contributed by atoms with E-state index in [-0.39, 0.29) is 6.04 Å². The maximum atomic E-state index is 8.71. The number of rotatable bonds is 3. The molecule has 0 aliphatic rings. The molecule has 1 heterocycles. The molecule has 2 aromatic rings. The van der Waals surface area contributed by atoms with Crippen molar-refractivity contribution in [3.63, 3.8) is 0 Å². The molecular weight excluding hydrogens is 216 g/mol. The van der Waals surface area contributed by atoms with E-state index in [1.165, 1.54) is 0 Å². The highest BCUT2D eigenvalue weighted by Gasteiger charge is 2.09. The molecule has 1 aromatic heterocycles. The Morgan fingerprint density at radius 1 is 1.35 bits per heavy atom. The van der Waals surface area contributed by atoms with Crippen molar-refractivity contribution in [2.45, 2.75) is 19.9 Å². The second kappa shape index (κ2) is 4.66. The molecule has 1 N–H and O–H groups in total. The van der Waals surface area contributed by atoms with Gasteiger partial charge in [-0.2, -0.15) is 10.2 Å². The quantitative estimate of drug-likeness (QED) is 0.873. The maximum absolute atomic E-state index is 8.71. The molecule has 1 unspecified atom stereocenters. The Morgan fingerprint density at radius 2 is 2.06 bits per heavy atom. The first-order chi connectivity index (χ1) is 8.19. The van der Waals surface area contributed by atoms with Crippen LogP contribution in [0, 0.1) is 18.3 Å². The molecule has 0 spiro atoms. The summed E-state index contributed by atoms with van der Waals surface area (Å²) in [4.78, 5) is 4.07. The fourth-order valence-corrected chi connectivity index (χ4v) is 1.47. The van der Waals surface area contributed by atoms with Crippen LogP contribution in [-0.2, 0) is 0 Å². The topological polar surface area (TPSA) is 74.7 Å². The number of hydrogen-bond donors (Lipinski definition) is 1. The van der Waals surface area contributed by atoms with Gasteiger partial charge in [0.2, 0.25) is 0 Å². The monoisotopic (exact) mass is 228 g/mol. The Bertz CT molecular complexity index is 538. The molecule has 86 valence electrons. The van der Waals surface area contributed by atoms with Crippen molar-refractivity contribution in [1.82, 2.24) is 10.1 Å². The average Bonchev–Trinajstić information content (AvgIpc) is 2.75. The van der Waals surface area contributed by atoms with Crippen molar-refractivity contribution >= 4 is 6.01 Å². The van der Waals surface area contributed by atoms with E-state index < -0.39 is 0 Å². The van der Waals surface area contributed by atoms with Crippen LogP contribution in [0.5, 0.6) is 0 Å². The smallest absolute Gasteiger partial charge is 0.321 e. The van der Waals surface area contributed by atoms with Crippen molar-refractivity contribution in [2.24, 2.45) is 0 Å². The third-order valence-corrected chi connectivity index (χ3v) is 2.41. The largest absolute Gasteiger partial charge is 0.331 e. The van der Waals surface area contributed by atoms with Gasteiger partial charge in [-0.1, -0.05) is 17.3 Å². The molecule has 0 radical (unpaired) electrons. The molecule has 0 saturated carbocycles. The lowest BCUT2D eigenvalue weighted by molar-refractivity contribution is 0.422. The molecule has 0 amide bonds. The van der Waals surface area contributed by atoms with Crippen LogP contribution >= 0.6 is 0 Å². The molecule has 17 heavy (non-hydrogen) atoms. The van der Waals surface area contributed by atoms with Gasteiger partial charge in [0.15, 0.2) is 5.82 Å². The van der Waals surface area contributed by atoms with Gasteiger partial charge in [-0.25, -0.2) is 0 Å². The van der Waals surface area contributed by atoms with Gasteiger partial charge < -0.3 is 9.84 Å². The first kappa shape index (κ1) is 11.1. The van der Waals surface area contributed by atoms with E-state index in [2.05, 4.69) is 21.5 Å². The minimum atomic E-state index is 0.0441. The van der Waals surface area contributed by atoms with Crippen LogP contribution in [0.1, 0.15) is 29.9 Å². The molecule has 0 aliphatic heterocycles. The van der Waals surface area contributed by atoms with Gasteiger partial charge in [0.25, 0.3) is 0 Å². The summed E-state index contributed by atoms with van der Waals surface area (Å²) in [5, 5.41) is 15.5. The van der Waals surface area contributed by atoms with E-state index in [4.69, 9.17) is 9.78 Å². The van der Waals surface area contributed by atoms with Crippen LogP contribution in [0.25, 0.3) is 0 Å². The zero-order chi connectivity index (χ0) is 12.3. The molecule has 1 atom stereocenters. The second-order valence-corrected chi connectivity index (χ2v) is 3.75. The van der Waals surface area contributed by atoms with Crippen LogP contribution in [0.4, 0.5) is 6.01 Å². The number of nitriles is 1. The number of anilines is 1. The number of aromatic nitrogens is 2. The molecule has 0 saturated heterocycles. The van der Waals surface area contributed by atoms with Crippen LogP contribution in [-0.4, -0.2) is 10.1 Å². The average molecular weight is 228 g/mol. The van der Waals surface area contributed by atoms with Gasteiger partial charge in [-0.05, 0) is 31.5 Å². The van der Waals surface area contributed by atoms with Gasteiger partial charge >= 0.3 is 6.01 Å². The Hall–Kier alpha value is -2.35. The van der Waals surface area contributed by atoms with E-state index in [9.17, 15) is 0 Å². The number of benzene rings is 1. The summed E-state index contributed by atoms with van der Waals surface area (Å²) in [7, 11) is 0. The van der Waals surface area contributed by atoms with Crippen molar-refractivity contribution in [1.29, 1.82) is 5.26 Å². The molecule has 0 aliphatic carbocycles. The van der Waals surface area contributed by atoms with Crippen molar-refractivity contribution < 1.29 is 4.52 Å². The fraction of sp³-hybridized carbons (Fsp3) is 0.250. The van der Waals surface area contributed by atoms with Crippen molar-refractivity contribution in [3.05, 3.63) is 41.2 Å². The molecular formula is C12H12N4O. The fourth-order valence-electron chi connectivity index (χ4n) is 1.47. The van der Waals surface area contributed by atoms with Crippen LogP contribution in [0.3, 0.4) is 0 Å². The van der Waals surface area contributed by atoms with E-state index in [0.717, 1.165) is 5.56 Å². The SMILES string of the molecule is Cc1noc(NC(C)c2ccc(C#N)cc2)n1. The lowest BCUT2D eigenvalue weighted by Crippen LogP contribution is -2.06. The maximum Gasteiger partial charge on any atom is 0.321 e. The van der Waals surface area contributed by atoms with Crippen LogP contribution < -0.4 is 5.32 Å². The molecule has 0 fully saturated rings. The first-order valence-corrected chi connectivity index (χ1v) is 5.26. The highest BCUT2D eigenvalue weighted by atomic mass is 16.5. The zero-order valence-corrected chi connectivity index (χ0v) is 9.64. The summed E-state index contributed by atoms with van der Waals surface area (Å²) in [6, 6.07) is 9.90. The van der Waals surface area contributed by atoms with E-state index in [0.29, 0.717) is 17.4 Å². The standard InChI is InChI=1S/C12H12N4O/c1-8(14-12-15-9(2)16-17-12)11-5-3-10(7-13)4-6-11/h3-6,8H,1-2H3,(H,14,15,16). The zero-order valence-electron chi connectivity index (χ0n) is 9.64. The first-order valence-electron chi connectivity index (χ1n) is 5.26. The summed E-state index contributed by atoms with van der Waals surface area (Å²) in [5.74, 6) is 0.597. The summed E-state index contributed by atoms with van der Waals surface area (Å²) >= 11 is 0. The number of nitrogens with one attached hydrogen (secondary N) is 1. The van der Waals surface area contributed by atoms with Gasteiger partial charge in [0.05, 0.1) is 17.7 Å². The highest BCUT2D eigenvalue weighted by molar-refractivity contribution is 5.35. The summed E-state index contributed by atoms with van der Waals surface area (Å²) in [5.41, 5.74) is 1.70. The minimum absolute atomic E-state index is 0.0441. The van der Waals surface area contributed by atoms with Crippen LogP contribution in [0.15, 0.2) is 28.8 Å². The predicted octanol–water partition coefficient (Wildman–Crippen LogP) is 2.42. The van der Waals surface area contributed by atoms with Gasteiger partial charge in [0.1, 0.15) is 0 Å². The molecule has 1 aromatic carbocycles. The Balaban J connectivity index is 2.09. The third-order valence-electron chi connectivity index (χ3n) is 2.41. The Labute approximate surface area is 99.1 Å². The van der Waals surface area contributed by atoms with Crippen molar-refractivity contribution in [2.75, 3.05) is 5.32 Å². The number of aryl methyl sites for hydroxylation is 1. The summed E-state index contributed by atoms with van der Waals surface area (Å²) in [6.07, 6.45) is 0. The van der Waals surface area contributed by atoms with Gasteiger partial charge in [-0.3, -0.25) is 0 Å². The third kappa shape index (κ3) is 2.61. The van der Waals surface area contributed by atoms with E-state index in [1.54, 1.807) is 19.1 Å². The Morgan fingerprint density at radius 3 is 2.59 bits per heavy atom. The predicted molar refractivity (Wildman–Crippen MR) is 62.2 cm³/mol. The lowest BCUT2D eigenvalue weighted by atomic mass is 10.1. The van der Waals surface area contributed by atoms with E-state index >= 15 is 0 Å². The van der Waals surface area contributed by atoms with Gasteiger partial charge in [-0.15, -0.1) is 0 Å². The summed E-state index contributed by atoms with van der Waals surface area (Å²) in [6.45, 7) is 3.75. The normalized spacial score (nSPS) is 11.8. The number of nitrogens with zero attached hydrogens (tertiary/aromatic N) is 3. The number of hydrogen-bond acceptors (Lipinski definition) is 5. The highest BCUT2D eigenvalue weighted by Crippen LogP contribution is 2.18. The van der Waals surface area contributed by atoms with E-state index in [1.807, 2.05) is 19.1 Å². The second-order valence-electron chi connectivity index (χ2n) is 3.75. The Kier molecular flexibility index (Phi) is 3.06.